The van der Waals surface area contributed by atoms with Gasteiger partial charge in [-0.15, -0.1) is 0 Å². The van der Waals surface area contributed by atoms with Crippen LogP contribution in [0.5, 0.6) is 0 Å². The third-order valence-corrected chi connectivity index (χ3v) is 2.08. The minimum absolute atomic E-state index is 0.952. The van der Waals surface area contributed by atoms with E-state index >= 15 is 0 Å². The van der Waals surface area contributed by atoms with E-state index in [0.717, 1.165) is 23.1 Å². The van der Waals surface area contributed by atoms with E-state index in [4.69, 9.17) is 0 Å². The molecular weight excluding hydrogens is 202 g/mol. The molecule has 11 heavy (non-hydrogen) atoms. The molecule has 0 aromatic carbocycles. The molecular formula is C9H12BrN. The molecule has 0 aliphatic heterocycles. The second-order valence-corrected chi connectivity index (χ2v) is 3.31. The van der Waals surface area contributed by atoms with Gasteiger partial charge in [-0.05, 0) is 46.5 Å². The SMILES string of the molecule is CCc1cc(Br)nc(CC)c1. The summed E-state index contributed by atoms with van der Waals surface area (Å²) in [6, 6.07) is 4.23. The lowest BCUT2D eigenvalue weighted by Gasteiger charge is -2.00. The fraction of sp³-hybridized carbons (Fsp3) is 0.444. The molecule has 0 radical (unpaired) electrons. The first kappa shape index (κ1) is 8.72. The first-order valence-electron chi connectivity index (χ1n) is 3.91. The monoisotopic (exact) mass is 213 g/mol. The summed E-state index contributed by atoms with van der Waals surface area (Å²) in [5.41, 5.74) is 2.51. The second kappa shape index (κ2) is 3.86. The molecule has 0 aliphatic carbocycles. The van der Waals surface area contributed by atoms with E-state index in [0.29, 0.717) is 0 Å². The molecule has 0 bridgehead atoms. The molecule has 0 amide bonds. The lowest BCUT2D eigenvalue weighted by atomic mass is 10.1. The third-order valence-electron chi connectivity index (χ3n) is 1.68. The van der Waals surface area contributed by atoms with Crippen molar-refractivity contribution < 1.29 is 0 Å². The Hall–Kier alpha value is -0.370. The number of aryl methyl sites for hydroxylation is 2. The number of hydrogen-bond acceptors (Lipinski definition) is 1. The van der Waals surface area contributed by atoms with Crippen LogP contribution in [0.1, 0.15) is 25.1 Å². The largest absolute Gasteiger partial charge is 0.246 e. The number of rotatable bonds is 2. The van der Waals surface area contributed by atoms with Crippen LogP contribution in [0.3, 0.4) is 0 Å². The summed E-state index contributed by atoms with van der Waals surface area (Å²) in [5.74, 6) is 0. The normalized spacial score (nSPS) is 10.1. The lowest BCUT2D eigenvalue weighted by molar-refractivity contribution is 0.992. The Labute approximate surface area is 76.0 Å². The Morgan fingerprint density at radius 2 is 2.00 bits per heavy atom. The van der Waals surface area contributed by atoms with E-state index in [1.165, 1.54) is 5.56 Å². The molecule has 60 valence electrons. The predicted octanol–water partition coefficient (Wildman–Crippen LogP) is 2.97. The van der Waals surface area contributed by atoms with Gasteiger partial charge in [0.25, 0.3) is 0 Å². The number of halogens is 1. The molecule has 0 N–H and O–H groups in total. The second-order valence-electron chi connectivity index (χ2n) is 2.50. The van der Waals surface area contributed by atoms with Gasteiger partial charge in [0.2, 0.25) is 0 Å². The fourth-order valence-electron chi connectivity index (χ4n) is 0.996. The van der Waals surface area contributed by atoms with Crippen molar-refractivity contribution in [3.63, 3.8) is 0 Å². The minimum atomic E-state index is 0.952. The minimum Gasteiger partial charge on any atom is -0.246 e. The Morgan fingerprint density at radius 3 is 2.55 bits per heavy atom. The van der Waals surface area contributed by atoms with Crippen LogP contribution in [0.4, 0.5) is 0 Å². The highest BCUT2D eigenvalue weighted by Crippen LogP contribution is 2.12. The van der Waals surface area contributed by atoms with E-state index < -0.39 is 0 Å². The highest BCUT2D eigenvalue weighted by molar-refractivity contribution is 9.10. The summed E-state index contributed by atoms with van der Waals surface area (Å²) >= 11 is 3.38. The smallest absolute Gasteiger partial charge is 0.106 e. The fourth-order valence-corrected chi connectivity index (χ4v) is 1.52. The molecule has 0 unspecified atom stereocenters. The molecule has 0 fully saturated rings. The van der Waals surface area contributed by atoms with Crippen molar-refractivity contribution >= 4 is 15.9 Å². The average molecular weight is 214 g/mol. The van der Waals surface area contributed by atoms with Crippen LogP contribution in [-0.2, 0) is 12.8 Å². The van der Waals surface area contributed by atoms with E-state index in [1.54, 1.807) is 0 Å². The molecule has 0 saturated carbocycles. The lowest BCUT2D eigenvalue weighted by Crippen LogP contribution is -1.90. The van der Waals surface area contributed by atoms with Crippen molar-refractivity contribution in [3.05, 3.63) is 28.0 Å². The summed E-state index contributed by atoms with van der Waals surface area (Å²) in [5, 5.41) is 0. The van der Waals surface area contributed by atoms with Gasteiger partial charge in [-0.2, -0.15) is 0 Å². The van der Waals surface area contributed by atoms with Gasteiger partial charge in [0.05, 0.1) is 0 Å². The van der Waals surface area contributed by atoms with Crippen LogP contribution >= 0.6 is 15.9 Å². The summed E-state index contributed by atoms with van der Waals surface area (Å²) < 4.78 is 0.952. The number of nitrogens with zero attached hydrogens (tertiary/aromatic N) is 1. The van der Waals surface area contributed by atoms with E-state index in [-0.39, 0.29) is 0 Å². The Balaban J connectivity index is 3.02. The van der Waals surface area contributed by atoms with Crippen LogP contribution in [0.25, 0.3) is 0 Å². The summed E-state index contributed by atoms with van der Waals surface area (Å²) in [6.07, 6.45) is 2.08. The third kappa shape index (κ3) is 2.29. The maximum Gasteiger partial charge on any atom is 0.106 e. The molecule has 0 atom stereocenters. The maximum atomic E-state index is 4.32. The van der Waals surface area contributed by atoms with Crippen LogP contribution in [0, 0.1) is 0 Å². The van der Waals surface area contributed by atoms with E-state index in [1.807, 2.05) is 0 Å². The quantitative estimate of drug-likeness (QED) is 0.689. The van der Waals surface area contributed by atoms with Crippen LogP contribution in [-0.4, -0.2) is 4.98 Å². The highest BCUT2D eigenvalue weighted by atomic mass is 79.9. The molecule has 0 spiro atoms. The Kier molecular flexibility index (Phi) is 3.06. The van der Waals surface area contributed by atoms with Gasteiger partial charge in [0, 0.05) is 5.69 Å². The van der Waals surface area contributed by atoms with Gasteiger partial charge in [-0.1, -0.05) is 13.8 Å². The number of hydrogen-bond donors (Lipinski definition) is 0. The molecule has 0 aliphatic rings. The molecule has 1 rings (SSSR count). The zero-order valence-corrected chi connectivity index (χ0v) is 8.48. The Bertz CT molecular complexity index is 223. The first-order chi connectivity index (χ1) is 5.26. The van der Waals surface area contributed by atoms with Crippen LogP contribution in [0.15, 0.2) is 16.7 Å². The number of pyridine rings is 1. The van der Waals surface area contributed by atoms with Gasteiger partial charge in [0.15, 0.2) is 0 Å². The topological polar surface area (TPSA) is 12.9 Å². The van der Waals surface area contributed by atoms with Gasteiger partial charge >= 0.3 is 0 Å². The molecule has 1 nitrogen and oxygen atoms in total. The average Bonchev–Trinajstić information content (AvgIpc) is 2.03. The van der Waals surface area contributed by atoms with Crippen LogP contribution in [0.2, 0.25) is 0 Å². The molecule has 2 heteroatoms. The standard InChI is InChI=1S/C9H12BrN/c1-3-7-5-8(4-2)11-9(10)6-7/h5-6H,3-4H2,1-2H3. The molecule has 0 saturated heterocycles. The zero-order chi connectivity index (χ0) is 8.27. The van der Waals surface area contributed by atoms with Crippen molar-refractivity contribution in [2.45, 2.75) is 26.7 Å². The highest BCUT2D eigenvalue weighted by Gasteiger charge is 1.96. The van der Waals surface area contributed by atoms with Crippen molar-refractivity contribution in [1.82, 2.24) is 4.98 Å². The van der Waals surface area contributed by atoms with Gasteiger partial charge in [-0.3, -0.25) is 0 Å². The van der Waals surface area contributed by atoms with Crippen molar-refractivity contribution in [2.24, 2.45) is 0 Å². The van der Waals surface area contributed by atoms with E-state index in [2.05, 4.69) is 46.9 Å². The van der Waals surface area contributed by atoms with Crippen molar-refractivity contribution in [2.75, 3.05) is 0 Å². The van der Waals surface area contributed by atoms with Crippen molar-refractivity contribution in [3.8, 4) is 0 Å². The van der Waals surface area contributed by atoms with Gasteiger partial charge in [-0.25, -0.2) is 4.98 Å². The Morgan fingerprint density at radius 1 is 1.27 bits per heavy atom. The summed E-state index contributed by atoms with van der Waals surface area (Å²) in [4.78, 5) is 4.32. The van der Waals surface area contributed by atoms with Gasteiger partial charge < -0.3 is 0 Å². The predicted molar refractivity (Wildman–Crippen MR) is 50.7 cm³/mol. The summed E-state index contributed by atoms with van der Waals surface area (Å²) in [6.45, 7) is 4.27. The molecule has 1 aromatic rings. The summed E-state index contributed by atoms with van der Waals surface area (Å²) in [7, 11) is 0. The maximum absolute atomic E-state index is 4.32. The number of aromatic nitrogens is 1. The van der Waals surface area contributed by atoms with Crippen LogP contribution < -0.4 is 0 Å². The van der Waals surface area contributed by atoms with E-state index in [9.17, 15) is 0 Å². The van der Waals surface area contributed by atoms with Crippen molar-refractivity contribution in [1.29, 1.82) is 0 Å². The zero-order valence-electron chi connectivity index (χ0n) is 6.89. The molecule has 1 aromatic heterocycles. The molecule has 1 heterocycles. The van der Waals surface area contributed by atoms with Gasteiger partial charge in [0.1, 0.15) is 4.60 Å². The first-order valence-corrected chi connectivity index (χ1v) is 4.71.